The predicted molar refractivity (Wildman–Crippen MR) is 89.4 cm³/mol. The Morgan fingerprint density at radius 3 is 1.47 bits per heavy atom. The van der Waals surface area contributed by atoms with E-state index in [-0.39, 0.29) is 0 Å². The van der Waals surface area contributed by atoms with E-state index >= 15 is 0 Å². The zero-order chi connectivity index (χ0) is 15.4. The standard InChI is InChI=1S/C19H40/c1-14(2)11-12-17(19(8,9)10)15(3)13-16(4)18(5,6)7/h14-17H,11-13H2,1-10H3. The minimum atomic E-state index is 0.436. The van der Waals surface area contributed by atoms with Crippen LogP contribution in [-0.2, 0) is 0 Å². The number of hydrogen-bond donors (Lipinski definition) is 0. The summed E-state index contributed by atoms with van der Waals surface area (Å²) in [6.07, 6.45) is 4.12. The van der Waals surface area contributed by atoms with E-state index in [9.17, 15) is 0 Å². The molecule has 0 amide bonds. The maximum absolute atomic E-state index is 2.48. The molecule has 0 saturated carbocycles. The van der Waals surface area contributed by atoms with E-state index in [4.69, 9.17) is 0 Å². The van der Waals surface area contributed by atoms with E-state index in [1.54, 1.807) is 0 Å². The summed E-state index contributed by atoms with van der Waals surface area (Å²) in [5, 5.41) is 0. The fourth-order valence-electron chi connectivity index (χ4n) is 3.16. The fraction of sp³-hybridized carbons (Fsp3) is 1.00. The summed E-state index contributed by atoms with van der Waals surface area (Å²) < 4.78 is 0. The molecule has 0 fully saturated rings. The maximum Gasteiger partial charge on any atom is -0.0339 e. The third-order valence-electron chi connectivity index (χ3n) is 5.06. The molecule has 0 aliphatic carbocycles. The Labute approximate surface area is 123 Å². The summed E-state index contributed by atoms with van der Waals surface area (Å²) in [4.78, 5) is 0. The van der Waals surface area contributed by atoms with Gasteiger partial charge in [0, 0.05) is 0 Å². The summed E-state index contributed by atoms with van der Waals surface area (Å²) in [6.45, 7) is 24.0. The molecule has 3 unspecified atom stereocenters. The van der Waals surface area contributed by atoms with Crippen LogP contribution in [0.25, 0.3) is 0 Å². The second kappa shape index (κ2) is 7.14. The van der Waals surface area contributed by atoms with Crippen molar-refractivity contribution in [2.75, 3.05) is 0 Å². The first-order valence-electron chi connectivity index (χ1n) is 8.35. The highest BCUT2D eigenvalue weighted by Crippen LogP contribution is 2.41. The van der Waals surface area contributed by atoms with Gasteiger partial charge in [-0.2, -0.15) is 0 Å². The average molecular weight is 269 g/mol. The molecular formula is C19H40. The number of rotatable bonds is 6. The lowest BCUT2D eigenvalue weighted by Gasteiger charge is -2.39. The van der Waals surface area contributed by atoms with Crippen molar-refractivity contribution in [1.82, 2.24) is 0 Å². The third kappa shape index (κ3) is 7.37. The van der Waals surface area contributed by atoms with Crippen molar-refractivity contribution in [3.63, 3.8) is 0 Å². The van der Waals surface area contributed by atoms with Gasteiger partial charge in [-0.3, -0.25) is 0 Å². The highest BCUT2D eigenvalue weighted by atomic mass is 14.4. The van der Waals surface area contributed by atoms with Gasteiger partial charge in [0.15, 0.2) is 0 Å². The van der Waals surface area contributed by atoms with Crippen LogP contribution < -0.4 is 0 Å². The zero-order valence-electron chi connectivity index (χ0n) is 15.4. The van der Waals surface area contributed by atoms with Gasteiger partial charge in [0.2, 0.25) is 0 Å². The monoisotopic (exact) mass is 268 g/mol. The van der Waals surface area contributed by atoms with Gasteiger partial charge in [-0.25, -0.2) is 0 Å². The molecule has 0 bridgehead atoms. The van der Waals surface area contributed by atoms with Crippen LogP contribution >= 0.6 is 0 Å². The lowest BCUT2D eigenvalue weighted by molar-refractivity contribution is 0.108. The minimum absolute atomic E-state index is 0.436. The normalized spacial score (nSPS) is 18.5. The molecule has 0 radical (unpaired) electrons. The summed E-state index contributed by atoms with van der Waals surface area (Å²) in [6, 6.07) is 0. The van der Waals surface area contributed by atoms with Gasteiger partial charge >= 0.3 is 0 Å². The highest BCUT2D eigenvalue weighted by Gasteiger charge is 2.32. The molecule has 0 aliphatic heterocycles. The lowest BCUT2D eigenvalue weighted by Crippen LogP contribution is -2.30. The van der Waals surface area contributed by atoms with Crippen molar-refractivity contribution in [3.8, 4) is 0 Å². The van der Waals surface area contributed by atoms with E-state index in [0.29, 0.717) is 10.8 Å². The van der Waals surface area contributed by atoms with Gasteiger partial charge in [-0.05, 0) is 47.3 Å². The Morgan fingerprint density at radius 2 is 1.16 bits per heavy atom. The Morgan fingerprint density at radius 1 is 0.684 bits per heavy atom. The SMILES string of the molecule is CC(C)CCC(C(C)CC(C)C(C)(C)C)C(C)(C)C. The van der Waals surface area contributed by atoms with Crippen LogP contribution in [0.2, 0.25) is 0 Å². The first-order valence-corrected chi connectivity index (χ1v) is 8.35. The molecule has 0 spiro atoms. The first-order chi connectivity index (χ1) is 8.35. The van der Waals surface area contributed by atoms with Crippen molar-refractivity contribution >= 4 is 0 Å². The van der Waals surface area contributed by atoms with Crippen LogP contribution in [0.3, 0.4) is 0 Å². The van der Waals surface area contributed by atoms with Crippen molar-refractivity contribution in [3.05, 3.63) is 0 Å². The molecule has 0 aromatic rings. The molecule has 19 heavy (non-hydrogen) atoms. The molecule has 0 heterocycles. The largest absolute Gasteiger partial charge is 0.0628 e. The highest BCUT2D eigenvalue weighted by molar-refractivity contribution is 4.82. The molecule has 3 atom stereocenters. The van der Waals surface area contributed by atoms with Gasteiger partial charge in [-0.1, -0.05) is 75.7 Å². The Kier molecular flexibility index (Phi) is 7.14. The number of hydrogen-bond acceptors (Lipinski definition) is 0. The van der Waals surface area contributed by atoms with E-state index in [0.717, 1.165) is 23.7 Å². The van der Waals surface area contributed by atoms with Crippen molar-refractivity contribution < 1.29 is 0 Å². The van der Waals surface area contributed by atoms with Crippen LogP contribution in [0.15, 0.2) is 0 Å². The molecule has 0 aromatic heterocycles. The predicted octanol–water partition coefficient (Wildman–Crippen LogP) is 6.79. The molecule has 0 nitrogen and oxygen atoms in total. The fourth-order valence-corrected chi connectivity index (χ4v) is 3.16. The average Bonchev–Trinajstić information content (AvgIpc) is 2.13. The van der Waals surface area contributed by atoms with Crippen molar-refractivity contribution in [2.45, 2.75) is 88.5 Å². The topological polar surface area (TPSA) is 0 Å². The van der Waals surface area contributed by atoms with E-state index in [2.05, 4.69) is 69.2 Å². The van der Waals surface area contributed by atoms with Crippen LogP contribution in [-0.4, -0.2) is 0 Å². The molecule has 0 aliphatic rings. The molecule has 0 N–H and O–H groups in total. The van der Waals surface area contributed by atoms with E-state index in [1.165, 1.54) is 19.3 Å². The molecule has 0 heteroatoms. The van der Waals surface area contributed by atoms with Gasteiger partial charge in [0.1, 0.15) is 0 Å². The summed E-state index contributed by atoms with van der Waals surface area (Å²) in [5.41, 5.74) is 0.876. The van der Waals surface area contributed by atoms with Crippen molar-refractivity contribution in [2.24, 2.45) is 34.5 Å². The minimum Gasteiger partial charge on any atom is -0.0628 e. The van der Waals surface area contributed by atoms with E-state index < -0.39 is 0 Å². The van der Waals surface area contributed by atoms with Crippen LogP contribution in [0.4, 0.5) is 0 Å². The quantitative estimate of drug-likeness (QED) is 0.497. The van der Waals surface area contributed by atoms with Gasteiger partial charge in [-0.15, -0.1) is 0 Å². The molecule has 116 valence electrons. The molecule has 0 saturated heterocycles. The third-order valence-corrected chi connectivity index (χ3v) is 5.06. The Hall–Kier alpha value is 0. The van der Waals surface area contributed by atoms with Gasteiger partial charge in [0.25, 0.3) is 0 Å². The molecule has 0 aromatic carbocycles. The van der Waals surface area contributed by atoms with Crippen molar-refractivity contribution in [1.29, 1.82) is 0 Å². The summed E-state index contributed by atoms with van der Waals surface area (Å²) >= 11 is 0. The Balaban J connectivity index is 4.68. The maximum atomic E-state index is 2.48. The summed E-state index contributed by atoms with van der Waals surface area (Å²) in [5.74, 6) is 3.30. The molecular weight excluding hydrogens is 228 g/mol. The lowest BCUT2D eigenvalue weighted by atomic mass is 9.66. The van der Waals surface area contributed by atoms with Gasteiger partial charge in [0.05, 0.1) is 0 Å². The smallest absolute Gasteiger partial charge is 0.0339 e. The summed E-state index contributed by atoms with van der Waals surface area (Å²) in [7, 11) is 0. The first kappa shape index (κ1) is 19.0. The van der Waals surface area contributed by atoms with Crippen LogP contribution in [0.5, 0.6) is 0 Å². The van der Waals surface area contributed by atoms with Crippen LogP contribution in [0, 0.1) is 34.5 Å². The van der Waals surface area contributed by atoms with E-state index in [1.807, 2.05) is 0 Å². The molecule has 0 rings (SSSR count). The van der Waals surface area contributed by atoms with Crippen LogP contribution in [0.1, 0.15) is 88.5 Å². The second-order valence-electron chi connectivity index (χ2n) is 9.42. The second-order valence-corrected chi connectivity index (χ2v) is 9.42. The zero-order valence-corrected chi connectivity index (χ0v) is 15.4. The Bertz CT molecular complexity index is 236. The van der Waals surface area contributed by atoms with Gasteiger partial charge < -0.3 is 0 Å².